The zero-order chi connectivity index (χ0) is 15.7. The van der Waals surface area contributed by atoms with E-state index in [1.807, 2.05) is 31.2 Å². The molecule has 0 saturated carbocycles. The molecule has 0 saturated heterocycles. The van der Waals surface area contributed by atoms with E-state index in [9.17, 15) is 14.4 Å². The highest BCUT2D eigenvalue weighted by Gasteiger charge is 2.49. The first-order chi connectivity index (χ1) is 9.84. The normalized spacial score (nSPS) is 12.6. The second kappa shape index (κ2) is 5.72. The molecule has 0 aliphatic heterocycles. The molecule has 0 spiro atoms. The molecule has 6 nitrogen and oxygen atoms in total. The van der Waals surface area contributed by atoms with Gasteiger partial charge in [0.15, 0.2) is 5.82 Å². The Bertz CT molecular complexity index is 673. The minimum absolute atomic E-state index is 0.0670. The molecule has 1 aromatic heterocycles. The Morgan fingerprint density at radius 1 is 1.29 bits per heavy atom. The quantitative estimate of drug-likeness (QED) is 0.823. The number of benzene rings is 1. The maximum Gasteiger partial charge on any atom is 0.339 e. The summed E-state index contributed by atoms with van der Waals surface area (Å²) < 4.78 is 17.1. The Hall–Kier alpha value is -1.49. The van der Waals surface area contributed by atoms with Crippen molar-refractivity contribution in [3.05, 3.63) is 35.7 Å². The van der Waals surface area contributed by atoms with Gasteiger partial charge in [0.05, 0.1) is 0 Å². The zero-order valence-corrected chi connectivity index (χ0v) is 13.2. The number of nitrogens with zero attached hydrogens (tertiary/aromatic N) is 2. The van der Waals surface area contributed by atoms with E-state index >= 15 is 0 Å². The fourth-order valence-electron chi connectivity index (χ4n) is 2.42. The maximum absolute atomic E-state index is 11.9. The van der Waals surface area contributed by atoms with Gasteiger partial charge in [-0.05, 0) is 31.9 Å². The summed E-state index contributed by atoms with van der Waals surface area (Å²) in [5.41, 5.74) is 1.78. The van der Waals surface area contributed by atoms with Crippen molar-refractivity contribution in [2.24, 2.45) is 0 Å². The van der Waals surface area contributed by atoms with Crippen LogP contribution in [0.5, 0.6) is 0 Å². The number of aromatic nitrogens is 2. The molecule has 0 aliphatic carbocycles. The molecule has 7 heteroatoms. The number of rotatable bonds is 5. The number of hydrogen-bond acceptors (Lipinski definition) is 4. The molecule has 0 amide bonds. The minimum atomic E-state index is -4.40. The van der Waals surface area contributed by atoms with E-state index < -0.39 is 12.8 Å². The van der Waals surface area contributed by atoms with E-state index in [0.717, 1.165) is 11.1 Å². The van der Waals surface area contributed by atoms with Crippen LogP contribution in [-0.4, -0.2) is 19.9 Å². The van der Waals surface area contributed by atoms with Gasteiger partial charge in [-0.1, -0.05) is 36.7 Å². The Balaban J connectivity index is 2.50. The van der Waals surface area contributed by atoms with E-state index in [-0.39, 0.29) is 24.6 Å². The molecule has 0 radical (unpaired) electrons. The molecular formula is C14H19N2O4P. The Kier molecular flexibility index (Phi) is 4.33. The highest BCUT2D eigenvalue weighted by Crippen LogP contribution is 2.60. The molecule has 2 rings (SSSR count). The summed E-state index contributed by atoms with van der Waals surface area (Å²) in [4.78, 5) is 23.6. The molecule has 2 aromatic rings. The SMILES string of the molecule is CCC(CC)(c1noc(-c2cccc(C)c2)n1)P(=O)(O)O. The maximum atomic E-state index is 11.9. The van der Waals surface area contributed by atoms with Crippen LogP contribution in [0.15, 0.2) is 28.8 Å². The molecule has 0 unspecified atom stereocenters. The average Bonchev–Trinajstić information content (AvgIpc) is 2.89. The van der Waals surface area contributed by atoms with Gasteiger partial charge in [0, 0.05) is 5.56 Å². The topological polar surface area (TPSA) is 96.5 Å². The second-order valence-electron chi connectivity index (χ2n) is 5.08. The van der Waals surface area contributed by atoms with Gasteiger partial charge >= 0.3 is 7.60 Å². The second-order valence-corrected chi connectivity index (χ2v) is 7.02. The number of aryl methyl sites for hydroxylation is 1. The minimum Gasteiger partial charge on any atom is -0.334 e. The van der Waals surface area contributed by atoms with Crippen molar-refractivity contribution in [1.29, 1.82) is 0 Å². The molecule has 21 heavy (non-hydrogen) atoms. The van der Waals surface area contributed by atoms with Crippen molar-refractivity contribution in [3.8, 4) is 11.5 Å². The van der Waals surface area contributed by atoms with E-state index in [0.29, 0.717) is 0 Å². The highest BCUT2D eigenvalue weighted by atomic mass is 31.2. The van der Waals surface area contributed by atoms with Crippen molar-refractivity contribution in [2.75, 3.05) is 0 Å². The summed E-state index contributed by atoms with van der Waals surface area (Å²) in [7, 11) is -4.40. The monoisotopic (exact) mass is 310 g/mol. The Morgan fingerprint density at radius 2 is 1.95 bits per heavy atom. The summed E-state index contributed by atoms with van der Waals surface area (Å²) in [5.74, 6) is 0.339. The van der Waals surface area contributed by atoms with Crippen LogP contribution in [-0.2, 0) is 9.72 Å². The lowest BCUT2D eigenvalue weighted by Gasteiger charge is -2.28. The van der Waals surface area contributed by atoms with Crippen molar-refractivity contribution < 1.29 is 18.9 Å². The molecule has 1 heterocycles. The Morgan fingerprint density at radius 3 is 2.48 bits per heavy atom. The predicted molar refractivity (Wildman–Crippen MR) is 78.8 cm³/mol. The van der Waals surface area contributed by atoms with E-state index in [2.05, 4.69) is 10.1 Å². The third-order valence-electron chi connectivity index (χ3n) is 3.83. The molecule has 0 atom stereocenters. The smallest absolute Gasteiger partial charge is 0.334 e. The fourth-order valence-corrected chi connectivity index (χ4v) is 3.59. The van der Waals surface area contributed by atoms with E-state index in [1.54, 1.807) is 13.8 Å². The molecular weight excluding hydrogens is 291 g/mol. The van der Waals surface area contributed by atoms with Crippen molar-refractivity contribution in [2.45, 2.75) is 38.8 Å². The van der Waals surface area contributed by atoms with Gasteiger partial charge < -0.3 is 14.3 Å². The van der Waals surface area contributed by atoms with E-state index in [1.165, 1.54) is 0 Å². The van der Waals surface area contributed by atoms with Gasteiger partial charge in [-0.3, -0.25) is 4.57 Å². The molecule has 2 N–H and O–H groups in total. The molecule has 0 bridgehead atoms. The Labute approximate surface area is 123 Å². The van der Waals surface area contributed by atoms with Gasteiger partial charge in [0.1, 0.15) is 5.16 Å². The van der Waals surface area contributed by atoms with Crippen LogP contribution >= 0.6 is 7.60 Å². The van der Waals surface area contributed by atoms with Gasteiger partial charge in [-0.15, -0.1) is 0 Å². The van der Waals surface area contributed by atoms with Crippen molar-refractivity contribution in [1.82, 2.24) is 10.1 Å². The van der Waals surface area contributed by atoms with Gasteiger partial charge in [-0.25, -0.2) is 0 Å². The van der Waals surface area contributed by atoms with Crippen molar-refractivity contribution in [3.63, 3.8) is 0 Å². The molecule has 1 aromatic carbocycles. The first kappa shape index (κ1) is 15.9. The lowest BCUT2D eigenvalue weighted by Crippen LogP contribution is -2.26. The van der Waals surface area contributed by atoms with Gasteiger partial charge in [0.2, 0.25) is 0 Å². The van der Waals surface area contributed by atoms with Crippen molar-refractivity contribution >= 4 is 7.60 Å². The van der Waals surface area contributed by atoms with Gasteiger partial charge in [0.25, 0.3) is 5.89 Å². The third-order valence-corrected chi connectivity index (χ3v) is 5.78. The number of hydrogen-bond donors (Lipinski definition) is 2. The largest absolute Gasteiger partial charge is 0.339 e. The van der Waals surface area contributed by atoms with Crippen LogP contribution < -0.4 is 0 Å². The van der Waals surface area contributed by atoms with Crippen LogP contribution in [0, 0.1) is 6.92 Å². The van der Waals surface area contributed by atoms with Gasteiger partial charge in [-0.2, -0.15) is 4.98 Å². The lowest BCUT2D eigenvalue weighted by atomic mass is 10.0. The van der Waals surface area contributed by atoms with Crippen LogP contribution in [0.2, 0.25) is 0 Å². The lowest BCUT2D eigenvalue weighted by molar-refractivity contribution is 0.302. The standard InChI is InChI=1S/C14H19N2O4P/c1-4-14(5-2,21(17,18)19)13-15-12(20-16-13)11-8-6-7-10(3)9-11/h6-9H,4-5H2,1-3H3,(H2,17,18,19). The van der Waals surface area contributed by atoms with Crippen LogP contribution in [0.25, 0.3) is 11.5 Å². The highest BCUT2D eigenvalue weighted by molar-refractivity contribution is 7.53. The average molecular weight is 310 g/mol. The molecule has 0 aliphatic rings. The zero-order valence-electron chi connectivity index (χ0n) is 12.3. The predicted octanol–water partition coefficient (Wildman–Crippen LogP) is 3.24. The summed E-state index contributed by atoms with van der Waals surface area (Å²) >= 11 is 0. The van der Waals surface area contributed by atoms with E-state index in [4.69, 9.17) is 4.52 Å². The third kappa shape index (κ3) is 2.79. The molecule has 0 fully saturated rings. The summed E-state index contributed by atoms with van der Waals surface area (Å²) in [6, 6.07) is 7.51. The summed E-state index contributed by atoms with van der Waals surface area (Å²) in [6.07, 6.45) is 0.473. The summed E-state index contributed by atoms with van der Waals surface area (Å²) in [6.45, 7) is 5.37. The summed E-state index contributed by atoms with van der Waals surface area (Å²) in [5, 5.41) is 2.43. The van der Waals surface area contributed by atoms with Crippen LogP contribution in [0.1, 0.15) is 38.1 Å². The van der Waals surface area contributed by atoms with Crippen LogP contribution in [0.4, 0.5) is 0 Å². The molecule has 114 valence electrons. The fraction of sp³-hybridized carbons (Fsp3) is 0.429. The first-order valence-corrected chi connectivity index (χ1v) is 8.42. The van der Waals surface area contributed by atoms with Crippen LogP contribution in [0.3, 0.4) is 0 Å². The first-order valence-electron chi connectivity index (χ1n) is 6.81.